The second-order valence-electron chi connectivity index (χ2n) is 10.6. The van der Waals surface area contributed by atoms with Crippen molar-refractivity contribution in [3.63, 3.8) is 0 Å². The molecule has 2 saturated heterocycles. The Bertz CT molecular complexity index is 1710. The van der Waals surface area contributed by atoms with Crippen molar-refractivity contribution in [2.45, 2.75) is 25.8 Å². The van der Waals surface area contributed by atoms with E-state index < -0.39 is 0 Å². The van der Waals surface area contributed by atoms with Gasteiger partial charge in [0.05, 0.1) is 24.2 Å². The summed E-state index contributed by atoms with van der Waals surface area (Å²) in [6.07, 6.45) is 1.62. The summed E-state index contributed by atoms with van der Waals surface area (Å²) in [6, 6.07) is 10.6. The summed E-state index contributed by atoms with van der Waals surface area (Å²) in [4.78, 5) is 31.5. The van der Waals surface area contributed by atoms with Crippen LogP contribution >= 0.6 is 22.7 Å². The molecule has 0 bridgehead atoms. The number of fused-ring (bicyclic) bond motifs is 1. The maximum absolute atomic E-state index is 13.5. The Morgan fingerprint density at radius 3 is 2.60 bits per heavy atom. The van der Waals surface area contributed by atoms with Crippen LogP contribution in [0.2, 0.25) is 0 Å². The van der Waals surface area contributed by atoms with Gasteiger partial charge in [0, 0.05) is 44.8 Å². The van der Waals surface area contributed by atoms with Gasteiger partial charge in [-0.3, -0.25) is 9.69 Å². The lowest BCUT2D eigenvalue weighted by atomic mass is 10.0. The molecule has 216 valence electrons. The topological polar surface area (TPSA) is 121 Å². The lowest BCUT2D eigenvalue weighted by molar-refractivity contribution is -0.137. The van der Waals surface area contributed by atoms with E-state index in [1.807, 2.05) is 30.4 Å². The van der Waals surface area contributed by atoms with Gasteiger partial charge >= 0.3 is 0 Å². The third kappa shape index (κ3) is 5.06. The number of carbonyl (C=O) groups excluding carboxylic acids is 1. The second-order valence-corrected chi connectivity index (χ2v) is 12.5. The lowest BCUT2D eigenvalue weighted by Crippen LogP contribution is -2.53. The molecular weight excluding hydrogens is 576 g/mol. The molecule has 14 heteroatoms. The van der Waals surface area contributed by atoms with Gasteiger partial charge in [0.2, 0.25) is 16.0 Å². The Morgan fingerprint density at radius 1 is 1.14 bits per heavy atom. The zero-order valence-corrected chi connectivity index (χ0v) is 25.1. The number of aromatic nitrogens is 4. The van der Waals surface area contributed by atoms with E-state index in [0.717, 1.165) is 41.1 Å². The summed E-state index contributed by atoms with van der Waals surface area (Å²) < 4.78 is 15.3. The van der Waals surface area contributed by atoms with Crippen molar-refractivity contribution >= 4 is 49.6 Å². The molecule has 42 heavy (non-hydrogen) atoms. The van der Waals surface area contributed by atoms with Crippen molar-refractivity contribution in [1.29, 1.82) is 10.5 Å². The van der Waals surface area contributed by atoms with E-state index in [2.05, 4.69) is 21.9 Å². The van der Waals surface area contributed by atoms with Crippen molar-refractivity contribution in [2.24, 2.45) is 5.92 Å². The first-order valence-electron chi connectivity index (χ1n) is 13.7. The standard InChI is InChI=1S/C28H29FN10OS2/c1-4-21-25(36(3)26-33-24(22(12-31)41-26)18-5-7-19(29)8-6-18)39-27(32-21)42-28(34-39)37-10-9-20(15-37)35(2)16-23(40)38-13-17(11-30)14-38/h5-8,17,20H,4,9-10,13-16H2,1-3H3. The van der Waals surface area contributed by atoms with Gasteiger partial charge in [-0.15, -0.1) is 5.10 Å². The minimum atomic E-state index is -0.343. The van der Waals surface area contributed by atoms with E-state index in [-0.39, 0.29) is 23.7 Å². The van der Waals surface area contributed by atoms with Crippen LogP contribution in [0.1, 0.15) is 23.9 Å². The monoisotopic (exact) mass is 604 g/mol. The van der Waals surface area contributed by atoms with Crippen LogP contribution in [0, 0.1) is 34.4 Å². The minimum Gasteiger partial charge on any atom is -0.345 e. The Kier molecular flexibility index (Phi) is 7.53. The number of hydrogen-bond donors (Lipinski definition) is 0. The molecule has 3 aromatic heterocycles. The quantitative estimate of drug-likeness (QED) is 0.296. The second kappa shape index (κ2) is 11.3. The smallest absolute Gasteiger partial charge is 0.236 e. The molecule has 6 rings (SSSR count). The van der Waals surface area contributed by atoms with Crippen LogP contribution in [-0.2, 0) is 11.2 Å². The minimum absolute atomic E-state index is 0.0388. The number of amides is 1. The highest BCUT2D eigenvalue weighted by Gasteiger charge is 2.34. The van der Waals surface area contributed by atoms with E-state index in [4.69, 9.17) is 20.3 Å². The molecule has 5 heterocycles. The summed E-state index contributed by atoms with van der Waals surface area (Å²) in [5.41, 5.74) is 2.08. The number of nitrogens with zero attached hydrogens (tertiary/aromatic N) is 10. The first kappa shape index (κ1) is 28.0. The van der Waals surface area contributed by atoms with Gasteiger partial charge in [-0.25, -0.2) is 14.4 Å². The number of thiazole rings is 1. The van der Waals surface area contributed by atoms with Gasteiger partial charge in [-0.2, -0.15) is 15.0 Å². The van der Waals surface area contributed by atoms with Gasteiger partial charge in [0.1, 0.15) is 22.5 Å². The van der Waals surface area contributed by atoms with Crippen molar-refractivity contribution in [1.82, 2.24) is 29.4 Å². The average molecular weight is 605 g/mol. The molecule has 0 aliphatic carbocycles. The predicted molar refractivity (Wildman–Crippen MR) is 159 cm³/mol. The van der Waals surface area contributed by atoms with Crippen LogP contribution in [0.4, 0.5) is 20.5 Å². The summed E-state index contributed by atoms with van der Waals surface area (Å²) in [5, 5.41) is 25.2. The molecule has 1 unspecified atom stereocenters. The van der Waals surface area contributed by atoms with Gasteiger partial charge in [0.15, 0.2) is 10.9 Å². The number of aryl methyl sites for hydroxylation is 1. The molecule has 0 saturated carbocycles. The fraction of sp³-hybridized carbons (Fsp3) is 0.429. The summed E-state index contributed by atoms with van der Waals surface area (Å²) >= 11 is 2.80. The first-order chi connectivity index (χ1) is 20.3. The number of carbonyl (C=O) groups is 1. The summed E-state index contributed by atoms with van der Waals surface area (Å²) in [5.74, 6) is 0.481. The normalized spacial score (nSPS) is 17.1. The number of anilines is 3. The molecule has 11 nitrogen and oxygen atoms in total. The molecule has 4 aromatic rings. The predicted octanol–water partition coefficient (Wildman–Crippen LogP) is 3.75. The fourth-order valence-electron chi connectivity index (χ4n) is 5.37. The third-order valence-corrected chi connectivity index (χ3v) is 9.88. The Labute approximate surface area is 250 Å². The largest absolute Gasteiger partial charge is 0.345 e. The molecule has 0 radical (unpaired) electrons. The molecular formula is C28H29FN10OS2. The lowest BCUT2D eigenvalue weighted by Gasteiger charge is -2.37. The fourth-order valence-corrected chi connectivity index (χ4v) is 7.17. The van der Waals surface area contributed by atoms with Gasteiger partial charge in [-0.05, 0) is 44.2 Å². The van der Waals surface area contributed by atoms with E-state index in [1.165, 1.54) is 34.8 Å². The Hall–Kier alpha value is -4.11. The molecule has 0 N–H and O–H groups in total. The highest BCUT2D eigenvalue weighted by molar-refractivity contribution is 7.20. The van der Waals surface area contributed by atoms with Crippen LogP contribution < -0.4 is 9.80 Å². The van der Waals surface area contributed by atoms with Crippen molar-refractivity contribution in [3.05, 3.63) is 40.7 Å². The first-order valence-corrected chi connectivity index (χ1v) is 15.3. The van der Waals surface area contributed by atoms with E-state index in [9.17, 15) is 14.4 Å². The highest BCUT2D eigenvalue weighted by Crippen LogP contribution is 2.38. The van der Waals surface area contributed by atoms with Gasteiger partial charge < -0.3 is 14.7 Å². The highest BCUT2D eigenvalue weighted by atomic mass is 32.1. The Morgan fingerprint density at radius 2 is 1.90 bits per heavy atom. The number of nitriles is 2. The molecule has 2 aliphatic rings. The molecule has 1 aromatic carbocycles. The SMILES string of the molecule is CCc1nc2sc(N3CCC(N(C)CC(=O)N4CC(C#N)C4)C3)nn2c1N(C)c1nc(-c2ccc(F)cc2)c(C#N)s1. The maximum Gasteiger partial charge on any atom is 0.236 e. The van der Waals surface area contributed by atoms with Crippen molar-refractivity contribution in [2.75, 3.05) is 56.6 Å². The molecule has 0 spiro atoms. The number of rotatable bonds is 8. The molecule has 1 atom stereocenters. The summed E-state index contributed by atoms with van der Waals surface area (Å²) in [6.45, 7) is 5.02. The molecule has 2 fully saturated rings. The zero-order chi connectivity index (χ0) is 29.5. The zero-order valence-electron chi connectivity index (χ0n) is 23.5. The van der Waals surface area contributed by atoms with Gasteiger partial charge in [0.25, 0.3) is 0 Å². The van der Waals surface area contributed by atoms with Gasteiger partial charge in [-0.1, -0.05) is 29.6 Å². The van der Waals surface area contributed by atoms with Crippen LogP contribution in [0.3, 0.4) is 0 Å². The number of benzene rings is 1. The molecule has 1 amide bonds. The number of halogens is 1. The average Bonchev–Trinajstić information content (AvgIpc) is 3.74. The van der Waals surface area contributed by atoms with Crippen LogP contribution in [0.25, 0.3) is 16.2 Å². The number of hydrogen-bond acceptors (Lipinski definition) is 11. The van der Waals surface area contributed by atoms with Crippen molar-refractivity contribution in [3.8, 4) is 23.4 Å². The van der Waals surface area contributed by atoms with Crippen LogP contribution in [0.5, 0.6) is 0 Å². The van der Waals surface area contributed by atoms with E-state index in [1.54, 1.807) is 17.0 Å². The van der Waals surface area contributed by atoms with Crippen LogP contribution in [0.15, 0.2) is 24.3 Å². The number of likely N-dealkylation sites (N-methyl/N-ethyl adjacent to an activating group) is 1. The third-order valence-electron chi connectivity index (χ3n) is 7.87. The van der Waals surface area contributed by atoms with E-state index in [0.29, 0.717) is 47.3 Å². The number of imidazole rings is 1. The molecule has 2 aliphatic heterocycles. The van der Waals surface area contributed by atoms with E-state index >= 15 is 0 Å². The van der Waals surface area contributed by atoms with Crippen molar-refractivity contribution < 1.29 is 9.18 Å². The number of likely N-dealkylation sites (tertiary alicyclic amines) is 1. The Balaban J connectivity index is 1.20. The summed E-state index contributed by atoms with van der Waals surface area (Å²) in [7, 11) is 3.87. The van der Waals surface area contributed by atoms with Crippen LogP contribution in [-0.4, -0.2) is 88.2 Å². The maximum atomic E-state index is 13.5.